The summed E-state index contributed by atoms with van der Waals surface area (Å²) in [5.74, 6) is -5.23. The van der Waals surface area contributed by atoms with Crippen molar-refractivity contribution in [1.29, 1.82) is 0 Å². The average Bonchev–Trinajstić information content (AvgIpc) is 2.66. The van der Waals surface area contributed by atoms with Gasteiger partial charge < -0.3 is 21.3 Å². The van der Waals surface area contributed by atoms with Crippen LogP contribution in [-0.4, -0.2) is 35.2 Å². The Hall–Kier alpha value is -2.35. The zero-order valence-electron chi connectivity index (χ0n) is 14.1. The Morgan fingerprint density at radius 3 is 2.04 bits per heavy atom. The molecule has 2 aromatic carbocycles. The van der Waals surface area contributed by atoms with Gasteiger partial charge >= 0.3 is 5.97 Å². The first-order valence-corrected chi connectivity index (χ1v) is 8.14. The molecule has 0 aromatic heterocycles. The van der Waals surface area contributed by atoms with Crippen LogP contribution in [0.5, 0.6) is 0 Å². The van der Waals surface area contributed by atoms with Crippen molar-refractivity contribution in [1.82, 2.24) is 0 Å². The van der Waals surface area contributed by atoms with Gasteiger partial charge in [-0.25, -0.2) is 8.78 Å². The quantitative estimate of drug-likeness (QED) is 0.619. The maximum Gasteiger partial charge on any atom is 0.329 e. The van der Waals surface area contributed by atoms with E-state index in [0.717, 1.165) is 0 Å². The lowest BCUT2D eigenvalue weighted by atomic mass is 9.94. The minimum atomic E-state index is -3.93. The third kappa shape index (κ3) is 5.08. The van der Waals surface area contributed by atoms with Gasteiger partial charge in [-0.2, -0.15) is 0 Å². The van der Waals surface area contributed by atoms with Gasteiger partial charge in [0.1, 0.15) is 12.7 Å². The van der Waals surface area contributed by atoms with Crippen LogP contribution in [0.2, 0.25) is 0 Å². The topological polar surface area (TPSA) is 98.6 Å². The summed E-state index contributed by atoms with van der Waals surface area (Å²) < 4.78 is 33.6. The van der Waals surface area contributed by atoms with Crippen molar-refractivity contribution in [3.8, 4) is 0 Å². The number of benzene rings is 2. The third-order valence-corrected chi connectivity index (χ3v) is 4.01. The number of carbonyl (C=O) groups is 1. The van der Waals surface area contributed by atoms with Crippen molar-refractivity contribution in [3.05, 3.63) is 71.8 Å². The number of aliphatic hydroxyl groups is 1. The van der Waals surface area contributed by atoms with Crippen molar-refractivity contribution < 1.29 is 23.4 Å². The fourth-order valence-corrected chi connectivity index (χ4v) is 2.44. The van der Waals surface area contributed by atoms with E-state index in [2.05, 4.69) is 0 Å². The highest BCUT2D eigenvalue weighted by atomic mass is 19.3. The summed E-state index contributed by atoms with van der Waals surface area (Å²) in [6.45, 7) is -0.185. The lowest BCUT2D eigenvalue weighted by Crippen LogP contribution is -2.59. The van der Waals surface area contributed by atoms with Crippen LogP contribution in [0, 0.1) is 0 Å². The number of halogens is 2. The lowest BCUT2D eigenvalue weighted by Gasteiger charge is -2.30. The van der Waals surface area contributed by atoms with Crippen molar-refractivity contribution in [2.75, 3.05) is 0 Å². The van der Waals surface area contributed by atoms with Gasteiger partial charge in [-0.15, -0.1) is 0 Å². The number of nitrogens with two attached hydrogens (primary N) is 2. The number of aliphatic hydroxyl groups excluding tert-OH is 1. The van der Waals surface area contributed by atoms with Gasteiger partial charge in [0.2, 0.25) is 0 Å². The standard InChI is InChI=1S/C19H22F2N2O3/c20-19(21,17(24)15(22)11-13-7-3-1-4-8-13)16(23)18(25)26-12-14-9-5-2-6-10-14/h1-10,15-17,24H,11-12,22-23H2. The fourth-order valence-electron chi connectivity index (χ4n) is 2.44. The minimum Gasteiger partial charge on any atom is -0.459 e. The predicted octanol–water partition coefficient (Wildman–Crippen LogP) is 1.62. The molecule has 0 saturated carbocycles. The molecule has 0 bridgehead atoms. The highest BCUT2D eigenvalue weighted by Gasteiger charge is 2.51. The largest absolute Gasteiger partial charge is 0.459 e. The van der Waals surface area contributed by atoms with Crippen LogP contribution >= 0.6 is 0 Å². The summed E-state index contributed by atoms with van der Waals surface area (Å²) in [7, 11) is 0. The first-order valence-electron chi connectivity index (χ1n) is 8.14. The summed E-state index contributed by atoms with van der Waals surface area (Å²) in [4.78, 5) is 11.9. The van der Waals surface area contributed by atoms with Gasteiger partial charge in [0.05, 0.1) is 0 Å². The molecule has 0 aliphatic carbocycles. The van der Waals surface area contributed by atoms with Crippen molar-refractivity contribution in [3.63, 3.8) is 0 Å². The molecule has 0 aliphatic rings. The summed E-state index contributed by atoms with van der Waals surface area (Å²) in [6, 6.07) is 13.6. The molecule has 5 nitrogen and oxygen atoms in total. The Balaban J connectivity index is 1.96. The molecule has 0 amide bonds. The zero-order chi connectivity index (χ0) is 19.2. The van der Waals surface area contributed by atoms with Gasteiger partial charge in [0.25, 0.3) is 5.92 Å². The molecule has 0 radical (unpaired) electrons. The second kappa shape index (κ2) is 8.84. The second-order valence-corrected chi connectivity index (χ2v) is 6.04. The number of hydrogen-bond donors (Lipinski definition) is 3. The van der Waals surface area contributed by atoms with Gasteiger partial charge in [-0.05, 0) is 17.5 Å². The highest BCUT2D eigenvalue weighted by Crippen LogP contribution is 2.26. The molecule has 2 rings (SSSR count). The molecule has 5 N–H and O–H groups in total. The van der Waals surface area contributed by atoms with Gasteiger partial charge in [0, 0.05) is 6.04 Å². The van der Waals surface area contributed by atoms with Crippen LogP contribution in [0.4, 0.5) is 8.78 Å². The molecule has 140 valence electrons. The smallest absolute Gasteiger partial charge is 0.329 e. The SMILES string of the molecule is NC(Cc1ccccc1)C(O)C(F)(F)C(N)C(=O)OCc1ccccc1. The Bertz CT molecular complexity index is 698. The van der Waals surface area contributed by atoms with Gasteiger partial charge in [0.15, 0.2) is 6.04 Å². The van der Waals surface area contributed by atoms with Crippen LogP contribution < -0.4 is 11.5 Å². The van der Waals surface area contributed by atoms with Crippen molar-refractivity contribution >= 4 is 5.97 Å². The van der Waals surface area contributed by atoms with Crippen LogP contribution in [-0.2, 0) is 22.6 Å². The first kappa shape index (κ1) is 20.0. The van der Waals surface area contributed by atoms with Gasteiger partial charge in [-0.3, -0.25) is 4.79 Å². The summed E-state index contributed by atoms with van der Waals surface area (Å²) in [5, 5.41) is 9.95. The Morgan fingerprint density at radius 1 is 1.00 bits per heavy atom. The van der Waals surface area contributed by atoms with E-state index < -0.39 is 30.1 Å². The Kier molecular flexibility index (Phi) is 6.79. The molecule has 2 aromatic rings. The molecule has 0 heterocycles. The molecule has 3 unspecified atom stereocenters. The molecular weight excluding hydrogens is 342 g/mol. The summed E-state index contributed by atoms with van der Waals surface area (Å²) in [5.41, 5.74) is 12.4. The van der Waals surface area contributed by atoms with Crippen LogP contribution in [0.1, 0.15) is 11.1 Å². The second-order valence-electron chi connectivity index (χ2n) is 6.04. The number of rotatable bonds is 8. The monoisotopic (exact) mass is 364 g/mol. The number of hydrogen-bond acceptors (Lipinski definition) is 5. The van der Waals surface area contributed by atoms with Crippen LogP contribution in [0.25, 0.3) is 0 Å². The number of ether oxygens (including phenoxy) is 1. The molecule has 0 aliphatic heterocycles. The number of alkyl halides is 2. The van der Waals surface area contributed by atoms with E-state index in [-0.39, 0.29) is 13.0 Å². The van der Waals surface area contributed by atoms with Gasteiger partial charge in [-0.1, -0.05) is 60.7 Å². The molecular formula is C19H22F2N2O3. The zero-order valence-corrected chi connectivity index (χ0v) is 14.1. The fraction of sp³-hybridized carbons (Fsp3) is 0.316. The Labute approximate surface area is 150 Å². The third-order valence-electron chi connectivity index (χ3n) is 4.01. The van der Waals surface area contributed by atoms with E-state index in [1.54, 1.807) is 60.7 Å². The highest BCUT2D eigenvalue weighted by molar-refractivity contribution is 5.77. The molecule has 0 saturated heterocycles. The van der Waals surface area contributed by atoms with E-state index in [9.17, 15) is 18.7 Å². The maximum atomic E-state index is 14.4. The molecule has 0 fully saturated rings. The summed E-state index contributed by atoms with van der Waals surface area (Å²) in [6.07, 6.45) is -2.27. The number of carbonyl (C=O) groups excluding carboxylic acids is 1. The van der Waals surface area contributed by atoms with Crippen molar-refractivity contribution in [2.45, 2.75) is 37.1 Å². The van der Waals surface area contributed by atoms with E-state index in [1.807, 2.05) is 0 Å². The lowest BCUT2D eigenvalue weighted by molar-refractivity contribution is -0.172. The van der Waals surface area contributed by atoms with Crippen LogP contribution in [0.3, 0.4) is 0 Å². The maximum absolute atomic E-state index is 14.4. The first-order chi connectivity index (χ1) is 12.3. The molecule has 26 heavy (non-hydrogen) atoms. The molecule has 7 heteroatoms. The molecule has 0 spiro atoms. The van der Waals surface area contributed by atoms with Crippen molar-refractivity contribution in [2.24, 2.45) is 11.5 Å². The van der Waals surface area contributed by atoms with Crippen LogP contribution in [0.15, 0.2) is 60.7 Å². The van der Waals surface area contributed by atoms with E-state index in [4.69, 9.17) is 16.2 Å². The normalized spacial score (nSPS) is 15.1. The van der Waals surface area contributed by atoms with E-state index in [1.165, 1.54) is 0 Å². The minimum absolute atomic E-state index is 0.0172. The summed E-state index contributed by atoms with van der Waals surface area (Å²) >= 11 is 0. The number of esters is 1. The van der Waals surface area contributed by atoms with E-state index >= 15 is 0 Å². The predicted molar refractivity (Wildman–Crippen MR) is 93.3 cm³/mol. The Morgan fingerprint density at radius 2 is 1.50 bits per heavy atom. The van der Waals surface area contributed by atoms with E-state index in [0.29, 0.717) is 11.1 Å². The average molecular weight is 364 g/mol. The molecule has 3 atom stereocenters.